The number of carbonyl (C=O) groups is 1. The summed E-state index contributed by atoms with van der Waals surface area (Å²) < 4.78 is 5.99. The Hall–Kier alpha value is -1.93. The van der Waals surface area contributed by atoms with E-state index in [1.807, 2.05) is 74.5 Å². The maximum Gasteiger partial charge on any atom is 0.173 e. The average Bonchev–Trinajstić information content (AvgIpc) is 2.46. The van der Waals surface area contributed by atoms with Gasteiger partial charge in [-0.05, 0) is 25.0 Å². The lowest BCUT2D eigenvalue weighted by molar-refractivity contribution is -0.132. The Labute approximate surface area is 114 Å². The van der Waals surface area contributed by atoms with Gasteiger partial charge in [0.05, 0.1) is 6.10 Å². The van der Waals surface area contributed by atoms with E-state index in [2.05, 4.69) is 0 Å². The summed E-state index contributed by atoms with van der Waals surface area (Å²) >= 11 is 0. The molecule has 0 aliphatic heterocycles. The van der Waals surface area contributed by atoms with Gasteiger partial charge in [0.15, 0.2) is 11.9 Å². The zero-order valence-corrected chi connectivity index (χ0v) is 11.2. The molecule has 0 aromatic heterocycles. The number of rotatable bonds is 5. The van der Waals surface area contributed by atoms with Crippen molar-refractivity contribution in [2.75, 3.05) is 0 Å². The second-order valence-electron chi connectivity index (χ2n) is 4.75. The van der Waals surface area contributed by atoms with Gasteiger partial charge in [-0.2, -0.15) is 0 Å². The molecule has 0 aliphatic carbocycles. The van der Waals surface area contributed by atoms with Crippen LogP contribution in [-0.2, 0) is 15.1 Å². The summed E-state index contributed by atoms with van der Waals surface area (Å²) in [5, 5.41) is 0. The minimum atomic E-state index is -1.03. The standard InChI is InChI=1S/C17H18O2/c1-14(2)19-17(13-18,15-9-5-3-6-10-15)16-11-7-4-8-12-16/h3-14H,1-2H3. The number of ether oxygens (including phenoxy) is 1. The van der Waals surface area contributed by atoms with Crippen LogP contribution in [-0.4, -0.2) is 12.4 Å². The lowest BCUT2D eigenvalue weighted by Gasteiger charge is -2.31. The predicted molar refractivity (Wildman–Crippen MR) is 75.9 cm³/mol. The van der Waals surface area contributed by atoms with Gasteiger partial charge >= 0.3 is 0 Å². The van der Waals surface area contributed by atoms with E-state index in [-0.39, 0.29) is 6.10 Å². The first kappa shape index (κ1) is 13.5. The maximum absolute atomic E-state index is 11.8. The minimum absolute atomic E-state index is 0.0504. The molecule has 0 spiro atoms. The molecule has 0 unspecified atom stereocenters. The third kappa shape index (κ3) is 2.74. The second-order valence-corrected chi connectivity index (χ2v) is 4.75. The highest BCUT2D eigenvalue weighted by Gasteiger charge is 2.36. The number of carbonyl (C=O) groups excluding carboxylic acids is 1. The first-order valence-electron chi connectivity index (χ1n) is 6.44. The molecule has 0 radical (unpaired) electrons. The van der Waals surface area contributed by atoms with Crippen molar-refractivity contribution in [1.29, 1.82) is 0 Å². The fourth-order valence-electron chi connectivity index (χ4n) is 2.21. The lowest BCUT2D eigenvalue weighted by Crippen LogP contribution is -2.35. The van der Waals surface area contributed by atoms with Gasteiger partial charge in [0.2, 0.25) is 0 Å². The summed E-state index contributed by atoms with van der Waals surface area (Å²) in [4.78, 5) is 11.8. The smallest absolute Gasteiger partial charge is 0.173 e. The fraction of sp³-hybridized carbons (Fsp3) is 0.235. The number of hydrogen-bond acceptors (Lipinski definition) is 2. The zero-order valence-electron chi connectivity index (χ0n) is 11.2. The molecule has 2 aromatic carbocycles. The predicted octanol–water partition coefficient (Wildman–Crippen LogP) is 3.55. The number of aldehydes is 1. The number of benzene rings is 2. The Bertz CT molecular complexity index is 478. The van der Waals surface area contributed by atoms with Crippen molar-refractivity contribution < 1.29 is 9.53 Å². The Morgan fingerprint density at radius 1 is 0.895 bits per heavy atom. The summed E-state index contributed by atoms with van der Waals surface area (Å²) in [6.45, 7) is 3.87. The lowest BCUT2D eigenvalue weighted by atomic mass is 9.87. The Kier molecular flexibility index (Phi) is 4.13. The molecule has 2 aromatic rings. The monoisotopic (exact) mass is 254 g/mol. The zero-order chi connectivity index (χ0) is 13.7. The molecular weight excluding hydrogens is 236 g/mol. The van der Waals surface area contributed by atoms with E-state index in [0.29, 0.717) is 0 Å². The Morgan fingerprint density at radius 2 is 1.32 bits per heavy atom. The van der Waals surface area contributed by atoms with E-state index >= 15 is 0 Å². The molecule has 0 bridgehead atoms. The molecule has 0 amide bonds. The van der Waals surface area contributed by atoms with Gasteiger partial charge in [-0.25, -0.2) is 0 Å². The van der Waals surface area contributed by atoms with Crippen LogP contribution < -0.4 is 0 Å². The van der Waals surface area contributed by atoms with Gasteiger partial charge in [0, 0.05) is 0 Å². The second kappa shape index (κ2) is 5.81. The van der Waals surface area contributed by atoms with E-state index in [0.717, 1.165) is 17.4 Å². The van der Waals surface area contributed by atoms with Gasteiger partial charge < -0.3 is 4.74 Å². The van der Waals surface area contributed by atoms with Gasteiger partial charge in [0.1, 0.15) is 0 Å². The highest BCUT2D eigenvalue weighted by atomic mass is 16.5. The van der Waals surface area contributed by atoms with Crippen molar-refractivity contribution in [3.05, 3.63) is 71.8 Å². The van der Waals surface area contributed by atoms with Crippen molar-refractivity contribution in [1.82, 2.24) is 0 Å². The third-order valence-electron chi connectivity index (χ3n) is 2.99. The van der Waals surface area contributed by atoms with Crippen LogP contribution in [0, 0.1) is 0 Å². The van der Waals surface area contributed by atoms with Crippen LogP contribution in [0.15, 0.2) is 60.7 Å². The van der Waals surface area contributed by atoms with Gasteiger partial charge in [-0.15, -0.1) is 0 Å². The summed E-state index contributed by atoms with van der Waals surface area (Å²) in [6, 6.07) is 19.2. The minimum Gasteiger partial charge on any atom is -0.355 e. The molecule has 0 saturated carbocycles. The van der Waals surface area contributed by atoms with E-state index < -0.39 is 5.60 Å². The molecule has 0 heterocycles. The number of hydrogen-bond donors (Lipinski definition) is 0. The molecule has 2 heteroatoms. The normalized spacial score (nSPS) is 11.5. The van der Waals surface area contributed by atoms with E-state index in [1.165, 1.54) is 0 Å². The molecule has 98 valence electrons. The van der Waals surface area contributed by atoms with Crippen LogP contribution in [0.2, 0.25) is 0 Å². The van der Waals surface area contributed by atoms with Crippen LogP contribution in [0.5, 0.6) is 0 Å². The molecule has 2 rings (SSSR count). The Balaban J connectivity index is 2.58. The van der Waals surface area contributed by atoms with Gasteiger partial charge in [0.25, 0.3) is 0 Å². The van der Waals surface area contributed by atoms with Crippen molar-refractivity contribution in [2.45, 2.75) is 25.6 Å². The van der Waals surface area contributed by atoms with Crippen LogP contribution in [0.1, 0.15) is 25.0 Å². The molecule has 0 saturated heterocycles. The average molecular weight is 254 g/mol. The maximum atomic E-state index is 11.8. The molecule has 0 N–H and O–H groups in total. The van der Waals surface area contributed by atoms with Crippen LogP contribution in [0.25, 0.3) is 0 Å². The van der Waals surface area contributed by atoms with E-state index in [9.17, 15) is 4.79 Å². The summed E-state index contributed by atoms with van der Waals surface area (Å²) in [7, 11) is 0. The van der Waals surface area contributed by atoms with Crippen LogP contribution in [0.4, 0.5) is 0 Å². The van der Waals surface area contributed by atoms with Crippen molar-refractivity contribution >= 4 is 6.29 Å². The molecule has 19 heavy (non-hydrogen) atoms. The summed E-state index contributed by atoms with van der Waals surface area (Å²) in [6.07, 6.45) is 0.836. The van der Waals surface area contributed by atoms with E-state index in [4.69, 9.17) is 4.74 Å². The quantitative estimate of drug-likeness (QED) is 0.763. The molecule has 0 atom stereocenters. The fourth-order valence-corrected chi connectivity index (χ4v) is 2.21. The molecule has 0 fully saturated rings. The Morgan fingerprint density at radius 3 is 1.63 bits per heavy atom. The summed E-state index contributed by atoms with van der Waals surface area (Å²) in [5.74, 6) is 0. The van der Waals surface area contributed by atoms with Crippen LogP contribution >= 0.6 is 0 Å². The highest BCUT2D eigenvalue weighted by molar-refractivity contribution is 5.72. The summed E-state index contributed by atoms with van der Waals surface area (Å²) in [5.41, 5.74) is 0.672. The molecule has 2 nitrogen and oxygen atoms in total. The van der Waals surface area contributed by atoms with Gasteiger partial charge in [-0.1, -0.05) is 60.7 Å². The van der Waals surface area contributed by atoms with E-state index in [1.54, 1.807) is 0 Å². The van der Waals surface area contributed by atoms with Crippen LogP contribution in [0.3, 0.4) is 0 Å². The molecular formula is C17H18O2. The van der Waals surface area contributed by atoms with Crippen molar-refractivity contribution in [2.24, 2.45) is 0 Å². The largest absolute Gasteiger partial charge is 0.355 e. The van der Waals surface area contributed by atoms with Crippen molar-refractivity contribution in [3.8, 4) is 0 Å². The highest BCUT2D eigenvalue weighted by Crippen LogP contribution is 2.32. The van der Waals surface area contributed by atoms with Crippen molar-refractivity contribution in [3.63, 3.8) is 0 Å². The first-order chi connectivity index (χ1) is 9.19. The van der Waals surface area contributed by atoms with Gasteiger partial charge in [-0.3, -0.25) is 4.79 Å². The third-order valence-corrected chi connectivity index (χ3v) is 2.99. The topological polar surface area (TPSA) is 26.3 Å². The molecule has 0 aliphatic rings. The SMILES string of the molecule is CC(C)OC(C=O)(c1ccccc1)c1ccccc1. The first-order valence-corrected chi connectivity index (χ1v) is 6.44.